The van der Waals surface area contributed by atoms with Crippen LogP contribution in [0.2, 0.25) is 0 Å². The highest BCUT2D eigenvalue weighted by Crippen LogP contribution is 2.30. The molecular formula is C33H36N6O3S. The van der Waals surface area contributed by atoms with E-state index in [2.05, 4.69) is 15.3 Å². The fourth-order valence-electron chi connectivity index (χ4n) is 5.60. The van der Waals surface area contributed by atoms with Crippen molar-refractivity contribution < 1.29 is 14.4 Å². The van der Waals surface area contributed by atoms with Crippen molar-refractivity contribution in [2.45, 2.75) is 50.1 Å². The molecule has 0 bridgehead atoms. The van der Waals surface area contributed by atoms with Gasteiger partial charge in [0, 0.05) is 25.4 Å². The van der Waals surface area contributed by atoms with E-state index < -0.39 is 12.1 Å². The number of benzene rings is 3. The van der Waals surface area contributed by atoms with Gasteiger partial charge in [-0.05, 0) is 48.9 Å². The van der Waals surface area contributed by atoms with Gasteiger partial charge >= 0.3 is 0 Å². The second-order valence-electron chi connectivity index (χ2n) is 10.7. The number of ketones is 1. The number of carbonyl (C=O) groups excluding carboxylic acids is 3. The van der Waals surface area contributed by atoms with E-state index in [0.29, 0.717) is 43.8 Å². The van der Waals surface area contributed by atoms with Crippen LogP contribution >= 0.6 is 11.3 Å². The highest BCUT2D eigenvalue weighted by Gasteiger charge is 2.37. The summed E-state index contributed by atoms with van der Waals surface area (Å²) in [5, 5.41) is 3.30. The lowest BCUT2D eigenvalue weighted by Gasteiger charge is -2.28. The molecule has 0 unspecified atom stereocenters. The molecule has 1 aliphatic rings. The van der Waals surface area contributed by atoms with E-state index in [9.17, 15) is 14.4 Å². The number of nitrogens with two attached hydrogens (primary N) is 2. The highest BCUT2D eigenvalue weighted by atomic mass is 32.1. The molecule has 10 heteroatoms. The Kier molecular flexibility index (Phi) is 9.78. The van der Waals surface area contributed by atoms with Crippen molar-refractivity contribution in [2.24, 2.45) is 16.5 Å². The van der Waals surface area contributed by atoms with E-state index in [4.69, 9.17) is 11.5 Å². The highest BCUT2D eigenvalue weighted by molar-refractivity contribution is 7.20. The fraction of sp³-hybridized carbons (Fsp3) is 0.303. The molecule has 3 aromatic carbocycles. The number of carbonyl (C=O) groups is 3. The van der Waals surface area contributed by atoms with Gasteiger partial charge in [-0.1, -0.05) is 72.8 Å². The smallest absolute Gasteiger partial charge is 0.243 e. The second kappa shape index (κ2) is 14.1. The van der Waals surface area contributed by atoms with Crippen molar-refractivity contribution in [1.82, 2.24) is 15.2 Å². The summed E-state index contributed by atoms with van der Waals surface area (Å²) >= 11 is 1.30. The summed E-state index contributed by atoms with van der Waals surface area (Å²) in [4.78, 5) is 51.3. The number of aliphatic imine (C=N–C) groups is 1. The zero-order valence-electron chi connectivity index (χ0n) is 23.9. The van der Waals surface area contributed by atoms with Crippen LogP contribution in [0.3, 0.4) is 0 Å². The summed E-state index contributed by atoms with van der Waals surface area (Å²) in [6, 6.07) is 26.0. The zero-order chi connectivity index (χ0) is 30.2. The van der Waals surface area contributed by atoms with E-state index in [0.717, 1.165) is 21.3 Å². The Balaban J connectivity index is 1.32. The van der Waals surface area contributed by atoms with E-state index >= 15 is 0 Å². The number of guanidine groups is 1. The quantitative estimate of drug-likeness (QED) is 0.0967. The lowest BCUT2D eigenvalue weighted by molar-refractivity contribution is -0.138. The molecule has 5 N–H and O–H groups in total. The van der Waals surface area contributed by atoms with Crippen molar-refractivity contribution in [3.63, 3.8) is 0 Å². The maximum Gasteiger partial charge on any atom is 0.243 e. The summed E-state index contributed by atoms with van der Waals surface area (Å²) in [5.74, 6) is -0.839. The number of Topliss-reactive ketones (excluding diaryl/α,β-unsaturated/α-hetero) is 1. The summed E-state index contributed by atoms with van der Waals surface area (Å²) in [5.41, 5.74) is 13.8. The molecule has 0 saturated carbocycles. The Morgan fingerprint density at radius 3 is 2.26 bits per heavy atom. The predicted molar refractivity (Wildman–Crippen MR) is 170 cm³/mol. The molecule has 222 valence electrons. The molecule has 1 aromatic heterocycles. The van der Waals surface area contributed by atoms with Crippen molar-refractivity contribution in [2.75, 3.05) is 13.1 Å². The molecule has 4 aromatic rings. The average molecular weight is 597 g/mol. The first-order valence-corrected chi connectivity index (χ1v) is 15.4. The van der Waals surface area contributed by atoms with Crippen LogP contribution in [0.15, 0.2) is 89.9 Å². The van der Waals surface area contributed by atoms with Crippen molar-refractivity contribution in [3.8, 4) is 0 Å². The summed E-state index contributed by atoms with van der Waals surface area (Å²) in [6.07, 6.45) is 2.32. The predicted octanol–water partition coefficient (Wildman–Crippen LogP) is 4.23. The number of hydrogen-bond acceptors (Lipinski definition) is 6. The minimum atomic E-state index is -0.818. The van der Waals surface area contributed by atoms with E-state index in [-0.39, 0.29) is 35.9 Å². The molecule has 1 saturated heterocycles. The Morgan fingerprint density at radius 2 is 1.60 bits per heavy atom. The zero-order valence-corrected chi connectivity index (χ0v) is 24.7. The number of hydrogen-bond donors (Lipinski definition) is 3. The molecule has 0 radical (unpaired) electrons. The minimum absolute atomic E-state index is 0.0255. The van der Waals surface area contributed by atoms with Crippen LogP contribution in [-0.4, -0.2) is 58.6 Å². The molecule has 2 atom stereocenters. The first-order chi connectivity index (χ1) is 20.9. The first kappa shape index (κ1) is 29.9. The maximum absolute atomic E-state index is 13.8. The molecular weight excluding hydrogens is 560 g/mol. The molecule has 2 heterocycles. The van der Waals surface area contributed by atoms with Gasteiger partial charge in [-0.15, -0.1) is 11.3 Å². The van der Waals surface area contributed by atoms with Crippen molar-refractivity contribution >= 4 is 45.1 Å². The van der Waals surface area contributed by atoms with Gasteiger partial charge in [0.15, 0.2) is 11.0 Å². The van der Waals surface area contributed by atoms with Gasteiger partial charge in [0.25, 0.3) is 0 Å². The number of para-hydroxylation sites is 1. The van der Waals surface area contributed by atoms with Crippen LogP contribution in [0.1, 0.15) is 59.0 Å². The van der Waals surface area contributed by atoms with Gasteiger partial charge in [0.2, 0.25) is 17.6 Å². The number of likely N-dealkylation sites (tertiary alicyclic amines) is 1. The number of nitrogens with zero attached hydrogens (tertiary/aromatic N) is 3. The number of aromatic nitrogens is 1. The third kappa shape index (κ3) is 7.45. The maximum atomic E-state index is 13.8. The Bertz CT molecular complexity index is 1510. The largest absolute Gasteiger partial charge is 0.370 e. The number of rotatable bonds is 12. The van der Waals surface area contributed by atoms with Crippen LogP contribution in [0.4, 0.5) is 0 Å². The SMILES string of the molecule is NC(N)=NCCC[C@H](NC(=O)[C@@H]1CCCN1C(=O)CC(c1ccccc1)c1ccccc1)C(=O)c1nc2ccccc2s1. The summed E-state index contributed by atoms with van der Waals surface area (Å²) in [7, 11) is 0. The minimum Gasteiger partial charge on any atom is -0.370 e. The Hall–Kier alpha value is -4.57. The van der Waals surface area contributed by atoms with Crippen LogP contribution in [0.25, 0.3) is 10.2 Å². The van der Waals surface area contributed by atoms with E-state index in [1.165, 1.54) is 11.3 Å². The van der Waals surface area contributed by atoms with Gasteiger partial charge in [0.05, 0.1) is 16.3 Å². The molecule has 2 amide bonds. The third-order valence-electron chi connectivity index (χ3n) is 7.74. The normalized spacial score (nSPS) is 15.4. The van der Waals surface area contributed by atoms with Crippen LogP contribution in [0, 0.1) is 0 Å². The molecule has 43 heavy (non-hydrogen) atoms. The molecule has 1 fully saturated rings. The first-order valence-electron chi connectivity index (χ1n) is 14.6. The summed E-state index contributed by atoms with van der Waals surface area (Å²) in [6.45, 7) is 0.824. The monoisotopic (exact) mass is 596 g/mol. The number of amides is 2. The van der Waals surface area contributed by atoms with Gasteiger partial charge < -0.3 is 21.7 Å². The second-order valence-corrected chi connectivity index (χ2v) is 11.7. The third-order valence-corrected chi connectivity index (χ3v) is 8.79. The van der Waals surface area contributed by atoms with Gasteiger partial charge in [-0.2, -0.15) is 0 Å². The standard InChI is InChI=1S/C33H36N6O3S/c34-33(35)36-19-9-16-26(30(41)32-38-25-15-7-8-18-28(25)43-32)37-31(42)27-17-10-20-39(27)29(40)21-24(22-11-3-1-4-12-22)23-13-5-2-6-14-23/h1-8,11-15,18,24,26-27H,9-10,16-17,19-21H2,(H,37,42)(H4,34,35,36)/t26-,27-/m0/s1. The van der Waals surface area contributed by atoms with E-state index in [1.54, 1.807) is 4.90 Å². The lowest BCUT2D eigenvalue weighted by Crippen LogP contribution is -2.51. The summed E-state index contributed by atoms with van der Waals surface area (Å²) < 4.78 is 0.899. The van der Waals surface area contributed by atoms with Gasteiger partial charge in [-0.25, -0.2) is 4.98 Å². The molecule has 5 rings (SSSR count). The van der Waals surface area contributed by atoms with Gasteiger partial charge in [-0.3, -0.25) is 19.4 Å². The number of nitrogens with one attached hydrogen (secondary N) is 1. The molecule has 0 aliphatic carbocycles. The average Bonchev–Trinajstić information content (AvgIpc) is 3.70. The fourth-order valence-corrected chi connectivity index (χ4v) is 6.56. The topological polar surface area (TPSA) is 144 Å². The number of fused-ring (bicyclic) bond motifs is 1. The lowest BCUT2D eigenvalue weighted by atomic mass is 9.88. The van der Waals surface area contributed by atoms with Crippen LogP contribution in [0.5, 0.6) is 0 Å². The number of thiazole rings is 1. The molecule has 9 nitrogen and oxygen atoms in total. The van der Waals surface area contributed by atoms with Crippen molar-refractivity contribution in [1.29, 1.82) is 0 Å². The Morgan fingerprint density at radius 1 is 0.953 bits per heavy atom. The van der Waals surface area contributed by atoms with E-state index in [1.807, 2.05) is 84.9 Å². The molecule has 0 spiro atoms. The molecule has 1 aliphatic heterocycles. The van der Waals surface area contributed by atoms with Crippen LogP contribution < -0.4 is 16.8 Å². The van der Waals surface area contributed by atoms with Gasteiger partial charge in [0.1, 0.15) is 6.04 Å². The van der Waals surface area contributed by atoms with Crippen LogP contribution in [-0.2, 0) is 9.59 Å². The van der Waals surface area contributed by atoms with Crippen molar-refractivity contribution in [3.05, 3.63) is 101 Å². The Labute approximate surface area is 255 Å².